The van der Waals surface area contributed by atoms with E-state index in [1.807, 2.05) is 40.8 Å². The molecule has 3 atom stereocenters. The van der Waals surface area contributed by atoms with Crippen molar-refractivity contribution in [2.75, 3.05) is 11.9 Å². The van der Waals surface area contributed by atoms with Crippen molar-refractivity contribution in [1.29, 1.82) is 0 Å². The van der Waals surface area contributed by atoms with Crippen molar-refractivity contribution in [2.24, 2.45) is 13.0 Å². The fraction of sp³-hybridized carbons (Fsp3) is 0.375. The molecule has 2 aromatic carbocycles. The average Bonchev–Trinajstić information content (AvgIpc) is 3.70. The number of thiazole rings is 1. The molecule has 2 aromatic heterocycles. The Kier molecular flexibility index (Phi) is 8.49. The minimum Gasteiger partial charge on any atom is -0.481 e. The van der Waals surface area contributed by atoms with Crippen molar-refractivity contribution in [3.63, 3.8) is 0 Å². The molecular formula is C32H32Cl2N4O4S. The maximum absolute atomic E-state index is 13.7. The number of aliphatic carboxylic acids is 1. The lowest BCUT2D eigenvalue weighted by Gasteiger charge is -2.32. The third-order valence-electron chi connectivity index (χ3n) is 8.75. The van der Waals surface area contributed by atoms with Gasteiger partial charge in [0.2, 0.25) is 5.91 Å². The largest absolute Gasteiger partial charge is 0.481 e. The molecule has 2 amide bonds. The van der Waals surface area contributed by atoms with Crippen LogP contribution in [-0.2, 0) is 29.5 Å². The van der Waals surface area contributed by atoms with E-state index in [2.05, 4.69) is 10.3 Å². The van der Waals surface area contributed by atoms with E-state index in [0.29, 0.717) is 45.7 Å². The van der Waals surface area contributed by atoms with Crippen LogP contribution in [0.2, 0.25) is 10.0 Å². The first-order chi connectivity index (χ1) is 20.7. The Balaban J connectivity index is 1.17. The standard InChI is InChI=1S/C32H32Cl2N4O4S/c1-37-16-22(20-6-2-4-8-27(20)37)31(42)36-26-14-24(33)18(12-25(26)34)13-29(39)38-17-23(21-7-3-5-9-28(21)38)32-35-15-19(43-32)10-11-30(40)41/h2,4,6,8,12,14-16,21,23,28H,3,5,7,9-11,13,17H2,1H3,(H,36,42)(H,40,41). The minimum atomic E-state index is -0.820. The summed E-state index contributed by atoms with van der Waals surface area (Å²) in [6.45, 7) is 0.588. The van der Waals surface area contributed by atoms with Crippen LogP contribution < -0.4 is 5.32 Å². The lowest BCUT2D eigenvalue weighted by molar-refractivity contribution is -0.137. The first-order valence-electron chi connectivity index (χ1n) is 14.5. The van der Waals surface area contributed by atoms with Crippen molar-refractivity contribution in [3.05, 3.63) is 79.8 Å². The number of fused-ring (bicyclic) bond motifs is 2. The Morgan fingerprint density at radius 3 is 2.72 bits per heavy atom. The first-order valence-corrected chi connectivity index (χ1v) is 16.1. The summed E-state index contributed by atoms with van der Waals surface area (Å²) < 4.78 is 1.90. The zero-order valence-electron chi connectivity index (χ0n) is 23.7. The molecule has 1 aliphatic heterocycles. The number of carboxylic acid groups (broad SMARTS) is 1. The topological polar surface area (TPSA) is 105 Å². The number of nitrogens with one attached hydrogen (secondary N) is 1. The number of likely N-dealkylation sites (tertiary alicyclic amines) is 1. The van der Waals surface area contributed by atoms with Gasteiger partial charge in [-0.15, -0.1) is 11.3 Å². The maximum atomic E-state index is 13.7. The molecule has 6 rings (SSSR count). The fourth-order valence-electron chi connectivity index (χ4n) is 6.66. The van der Waals surface area contributed by atoms with Crippen LogP contribution in [0.1, 0.15) is 63.8 Å². The number of hydrogen-bond acceptors (Lipinski definition) is 5. The van der Waals surface area contributed by atoms with Crippen LogP contribution in [-0.4, -0.2) is 49.9 Å². The molecule has 0 radical (unpaired) electrons. The van der Waals surface area contributed by atoms with Gasteiger partial charge in [-0.3, -0.25) is 14.4 Å². The molecule has 2 aliphatic rings. The molecule has 4 aromatic rings. The number of aryl methyl sites for hydroxylation is 2. The second-order valence-corrected chi connectivity index (χ2v) is 13.4. The van der Waals surface area contributed by atoms with E-state index in [1.54, 1.807) is 35.9 Å². The van der Waals surface area contributed by atoms with E-state index < -0.39 is 5.97 Å². The van der Waals surface area contributed by atoms with Gasteiger partial charge in [-0.1, -0.05) is 54.2 Å². The van der Waals surface area contributed by atoms with E-state index in [9.17, 15) is 14.4 Å². The Labute approximate surface area is 263 Å². The van der Waals surface area contributed by atoms with Crippen molar-refractivity contribution in [2.45, 2.75) is 56.9 Å². The predicted octanol–water partition coefficient (Wildman–Crippen LogP) is 6.94. The van der Waals surface area contributed by atoms with Gasteiger partial charge in [0.25, 0.3) is 5.91 Å². The number of carbonyl (C=O) groups is 3. The van der Waals surface area contributed by atoms with E-state index in [1.165, 1.54) is 0 Å². The van der Waals surface area contributed by atoms with Gasteiger partial charge in [-0.05, 0) is 48.9 Å². The summed E-state index contributed by atoms with van der Waals surface area (Å²) in [5.41, 5.74) is 2.48. The van der Waals surface area contributed by atoms with Gasteiger partial charge < -0.3 is 19.9 Å². The third-order valence-corrected chi connectivity index (χ3v) is 10.6. The number of hydrogen-bond donors (Lipinski definition) is 2. The van der Waals surface area contributed by atoms with Crippen LogP contribution in [0.15, 0.2) is 48.8 Å². The lowest BCUT2D eigenvalue weighted by atomic mass is 9.80. The molecule has 1 saturated heterocycles. The quantitative estimate of drug-likeness (QED) is 0.218. The van der Waals surface area contributed by atoms with Crippen LogP contribution in [0.3, 0.4) is 0 Å². The lowest BCUT2D eigenvalue weighted by Crippen LogP contribution is -2.40. The molecule has 8 nitrogen and oxygen atoms in total. The van der Waals surface area contributed by atoms with E-state index in [4.69, 9.17) is 28.3 Å². The second-order valence-electron chi connectivity index (χ2n) is 11.5. The summed E-state index contributed by atoms with van der Waals surface area (Å²) in [5.74, 6) is -0.643. The first kappa shape index (κ1) is 29.7. The van der Waals surface area contributed by atoms with Crippen LogP contribution in [0.4, 0.5) is 5.69 Å². The summed E-state index contributed by atoms with van der Waals surface area (Å²) in [6.07, 6.45) is 8.43. The highest BCUT2D eigenvalue weighted by molar-refractivity contribution is 7.11. The molecular weight excluding hydrogens is 607 g/mol. The number of anilines is 1. The van der Waals surface area contributed by atoms with Gasteiger partial charge in [0.15, 0.2) is 0 Å². The van der Waals surface area contributed by atoms with Crippen LogP contribution in [0.25, 0.3) is 10.9 Å². The van der Waals surface area contributed by atoms with Crippen molar-refractivity contribution in [1.82, 2.24) is 14.5 Å². The van der Waals surface area contributed by atoms with Gasteiger partial charge in [-0.2, -0.15) is 0 Å². The zero-order valence-corrected chi connectivity index (χ0v) is 26.0. The van der Waals surface area contributed by atoms with Crippen LogP contribution in [0, 0.1) is 5.92 Å². The molecule has 1 aliphatic carbocycles. The van der Waals surface area contributed by atoms with Crippen molar-refractivity contribution < 1.29 is 19.5 Å². The average molecular weight is 640 g/mol. The molecule has 11 heteroatoms. The van der Waals surface area contributed by atoms with E-state index >= 15 is 0 Å². The Bertz CT molecular complexity index is 1720. The number of para-hydroxylation sites is 1. The second kappa shape index (κ2) is 12.3. The predicted molar refractivity (Wildman–Crippen MR) is 169 cm³/mol. The summed E-state index contributed by atoms with van der Waals surface area (Å²) >= 11 is 14.8. The molecule has 2 N–H and O–H groups in total. The molecule has 224 valence electrons. The number of aromatic nitrogens is 2. The van der Waals surface area contributed by atoms with Gasteiger partial charge in [-0.25, -0.2) is 4.98 Å². The molecule has 3 unspecified atom stereocenters. The van der Waals surface area contributed by atoms with E-state index in [0.717, 1.165) is 46.5 Å². The highest BCUT2D eigenvalue weighted by Crippen LogP contribution is 2.46. The molecule has 43 heavy (non-hydrogen) atoms. The molecule has 2 fully saturated rings. The molecule has 1 saturated carbocycles. The zero-order chi connectivity index (χ0) is 30.2. The monoisotopic (exact) mass is 638 g/mol. The third kappa shape index (κ3) is 6.03. The van der Waals surface area contributed by atoms with Gasteiger partial charge in [0.05, 0.1) is 34.1 Å². The number of rotatable bonds is 8. The Hall–Kier alpha value is -3.40. The highest BCUT2D eigenvalue weighted by Gasteiger charge is 2.46. The number of amides is 2. The summed E-state index contributed by atoms with van der Waals surface area (Å²) in [4.78, 5) is 45.5. The van der Waals surface area contributed by atoms with Crippen molar-refractivity contribution in [3.8, 4) is 0 Å². The molecule has 3 heterocycles. The number of carbonyl (C=O) groups excluding carboxylic acids is 2. The number of carboxylic acids is 1. The minimum absolute atomic E-state index is 0.00688. The molecule has 0 spiro atoms. The number of benzene rings is 2. The number of nitrogens with zero attached hydrogens (tertiary/aromatic N) is 3. The normalized spacial score (nSPS) is 19.9. The smallest absolute Gasteiger partial charge is 0.303 e. The fourth-order valence-corrected chi connectivity index (χ4v) is 8.21. The van der Waals surface area contributed by atoms with Crippen LogP contribution >= 0.6 is 34.5 Å². The van der Waals surface area contributed by atoms with Crippen molar-refractivity contribution >= 4 is 68.9 Å². The maximum Gasteiger partial charge on any atom is 0.303 e. The van der Waals surface area contributed by atoms with Crippen LogP contribution in [0.5, 0.6) is 0 Å². The SMILES string of the molecule is Cn1cc(C(=O)Nc2cc(Cl)c(CC(=O)N3CC(c4ncc(CCC(=O)O)s4)C4CCCCC43)cc2Cl)c2ccccc21. The Morgan fingerprint density at radius 1 is 1.12 bits per heavy atom. The highest BCUT2D eigenvalue weighted by atomic mass is 35.5. The summed E-state index contributed by atoms with van der Waals surface area (Å²) in [5, 5.41) is 14.4. The van der Waals surface area contributed by atoms with E-state index in [-0.39, 0.29) is 36.6 Å². The number of halogens is 2. The van der Waals surface area contributed by atoms with Gasteiger partial charge in [0.1, 0.15) is 0 Å². The van der Waals surface area contributed by atoms with Gasteiger partial charge >= 0.3 is 5.97 Å². The summed E-state index contributed by atoms with van der Waals surface area (Å²) in [7, 11) is 1.89. The van der Waals surface area contributed by atoms with Gasteiger partial charge in [0, 0.05) is 58.7 Å². The molecule has 0 bridgehead atoms. The summed E-state index contributed by atoms with van der Waals surface area (Å²) in [6, 6.07) is 11.1. The Morgan fingerprint density at radius 2 is 1.91 bits per heavy atom.